The first-order chi connectivity index (χ1) is 4.20. The van der Waals surface area contributed by atoms with E-state index >= 15 is 0 Å². The molecule has 1 aliphatic rings. The van der Waals surface area contributed by atoms with Gasteiger partial charge in [0.15, 0.2) is 0 Å². The van der Waals surface area contributed by atoms with E-state index < -0.39 is 0 Å². The Morgan fingerprint density at radius 1 is 1.56 bits per heavy atom. The average Bonchev–Trinajstić information content (AvgIpc) is 1.80. The molecule has 0 atom stereocenters. The molecule has 0 saturated carbocycles. The zero-order valence-corrected chi connectivity index (χ0v) is 6.78. The first-order valence-electron chi connectivity index (χ1n) is 2.37. The summed E-state index contributed by atoms with van der Waals surface area (Å²) in [5, 5.41) is 1.16. The van der Waals surface area contributed by atoms with Crippen molar-refractivity contribution >= 4 is 40.3 Å². The predicted molar refractivity (Wildman–Crippen MR) is 43.8 cm³/mol. The van der Waals surface area contributed by atoms with Crippen molar-refractivity contribution in [3.8, 4) is 0 Å². The van der Waals surface area contributed by atoms with Gasteiger partial charge in [0.2, 0.25) is 0 Å². The molecular formula is C6H3Cl2S. The second-order valence-corrected chi connectivity index (χ2v) is 3.00. The van der Waals surface area contributed by atoms with E-state index in [1.807, 2.05) is 0 Å². The Labute approximate surface area is 69.1 Å². The molecule has 0 amide bonds. The molecule has 1 rings (SSSR count). The van der Waals surface area contributed by atoms with Crippen LogP contribution in [-0.2, 0) is 0 Å². The lowest BCUT2D eigenvalue weighted by Gasteiger charge is -2.03. The van der Waals surface area contributed by atoms with Crippen LogP contribution in [-0.4, -0.2) is 4.86 Å². The van der Waals surface area contributed by atoms with Gasteiger partial charge in [0.1, 0.15) is 0 Å². The molecule has 0 N–H and O–H groups in total. The van der Waals surface area contributed by atoms with Crippen molar-refractivity contribution in [2.24, 2.45) is 0 Å². The summed E-state index contributed by atoms with van der Waals surface area (Å²) in [6, 6.07) is 0. The van der Waals surface area contributed by atoms with Crippen LogP contribution >= 0.6 is 35.4 Å². The monoisotopic (exact) mass is 177 g/mol. The van der Waals surface area contributed by atoms with Crippen molar-refractivity contribution in [1.29, 1.82) is 0 Å². The molecular weight excluding hydrogens is 175 g/mol. The molecule has 0 unspecified atom stereocenters. The van der Waals surface area contributed by atoms with Gasteiger partial charge in [0, 0.05) is 16.3 Å². The Balaban J connectivity index is 2.87. The quantitative estimate of drug-likeness (QED) is 0.514. The fraction of sp³-hybridized carbons (Fsp3) is 0.167. The van der Waals surface area contributed by atoms with Gasteiger partial charge in [-0.05, 0) is 12.2 Å². The summed E-state index contributed by atoms with van der Waals surface area (Å²) < 4.78 is 0. The molecule has 0 aromatic rings. The molecule has 0 saturated heterocycles. The van der Waals surface area contributed by atoms with Crippen LogP contribution in [0.5, 0.6) is 0 Å². The van der Waals surface area contributed by atoms with Crippen LogP contribution in [0, 0.1) is 6.08 Å². The second kappa shape index (κ2) is 2.82. The molecule has 0 bridgehead atoms. The SMILES string of the molecule is S=C1[C]=CC(Cl)=C(Cl)C1. The number of halogens is 2. The largest absolute Gasteiger partial charge is 0.0871 e. The second-order valence-electron chi connectivity index (χ2n) is 1.64. The first-order valence-corrected chi connectivity index (χ1v) is 3.53. The van der Waals surface area contributed by atoms with Gasteiger partial charge in [-0.3, -0.25) is 0 Å². The van der Waals surface area contributed by atoms with Gasteiger partial charge in [-0.15, -0.1) is 0 Å². The van der Waals surface area contributed by atoms with E-state index in [1.165, 1.54) is 0 Å². The van der Waals surface area contributed by atoms with Crippen LogP contribution in [0.15, 0.2) is 16.1 Å². The molecule has 0 aromatic heterocycles. The Kier molecular flexibility index (Phi) is 2.28. The molecule has 3 heteroatoms. The summed E-state index contributed by atoms with van der Waals surface area (Å²) >= 11 is 16.1. The van der Waals surface area contributed by atoms with Crippen LogP contribution < -0.4 is 0 Å². The highest BCUT2D eigenvalue weighted by atomic mass is 35.5. The minimum atomic E-state index is 0.547. The van der Waals surface area contributed by atoms with Crippen LogP contribution in [0.25, 0.3) is 0 Å². The van der Waals surface area contributed by atoms with Gasteiger partial charge in [-0.2, -0.15) is 0 Å². The highest BCUT2D eigenvalue weighted by Crippen LogP contribution is 2.22. The fourth-order valence-electron chi connectivity index (χ4n) is 0.499. The molecule has 0 heterocycles. The molecule has 1 radical (unpaired) electrons. The lowest BCUT2D eigenvalue weighted by molar-refractivity contribution is 1.42. The van der Waals surface area contributed by atoms with E-state index in [-0.39, 0.29) is 0 Å². The van der Waals surface area contributed by atoms with Crippen molar-refractivity contribution in [2.45, 2.75) is 6.42 Å². The van der Waals surface area contributed by atoms with E-state index in [4.69, 9.17) is 35.4 Å². The summed E-state index contributed by atoms with van der Waals surface area (Å²) in [4.78, 5) is 0.712. The molecule has 0 spiro atoms. The maximum absolute atomic E-state index is 5.65. The standard InChI is InChI=1S/C6H3Cl2S/c7-5-2-1-4(9)3-6(5)8/h2H,3H2. The maximum atomic E-state index is 5.65. The molecule has 9 heavy (non-hydrogen) atoms. The van der Waals surface area contributed by atoms with Crippen LogP contribution in [0.3, 0.4) is 0 Å². The van der Waals surface area contributed by atoms with Gasteiger partial charge >= 0.3 is 0 Å². The third-order valence-electron chi connectivity index (χ3n) is 0.935. The van der Waals surface area contributed by atoms with E-state index in [0.29, 0.717) is 21.3 Å². The minimum Gasteiger partial charge on any atom is -0.0871 e. The van der Waals surface area contributed by atoms with Gasteiger partial charge in [-0.25, -0.2) is 0 Å². The third-order valence-corrected chi connectivity index (χ3v) is 1.97. The summed E-state index contributed by atoms with van der Waals surface area (Å²) in [6.45, 7) is 0. The first kappa shape index (κ1) is 7.26. The number of hydrogen-bond acceptors (Lipinski definition) is 1. The fourth-order valence-corrected chi connectivity index (χ4v) is 1.09. The number of thiocarbonyl (C=S) groups is 1. The van der Waals surface area contributed by atoms with Crippen LogP contribution in [0.2, 0.25) is 0 Å². The molecule has 0 aliphatic heterocycles. The Hall–Kier alpha value is 0.150. The highest BCUT2D eigenvalue weighted by molar-refractivity contribution is 7.80. The molecule has 0 fully saturated rings. The summed E-state index contributed by atoms with van der Waals surface area (Å²) in [5.74, 6) is 0. The average molecular weight is 178 g/mol. The van der Waals surface area contributed by atoms with E-state index in [0.717, 1.165) is 0 Å². The van der Waals surface area contributed by atoms with Crippen molar-refractivity contribution in [3.63, 3.8) is 0 Å². The van der Waals surface area contributed by atoms with E-state index in [9.17, 15) is 0 Å². The zero-order chi connectivity index (χ0) is 6.85. The Morgan fingerprint density at radius 2 is 2.22 bits per heavy atom. The maximum Gasteiger partial charge on any atom is 0.0561 e. The van der Waals surface area contributed by atoms with E-state index in [2.05, 4.69) is 6.08 Å². The third kappa shape index (κ3) is 1.78. The Bertz CT molecular complexity index is 203. The van der Waals surface area contributed by atoms with Crippen LogP contribution in [0.1, 0.15) is 6.42 Å². The number of hydrogen-bond donors (Lipinski definition) is 0. The van der Waals surface area contributed by atoms with Crippen LogP contribution in [0.4, 0.5) is 0 Å². The van der Waals surface area contributed by atoms with Gasteiger partial charge in [0.05, 0.1) is 5.03 Å². The summed E-state index contributed by atoms with van der Waals surface area (Å²) in [7, 11) is 0. The topological polar surface area (TPSA) is 0 Å². The summed E-state index contributed by atoms with van der Waals surface area (Å²) in [5.41, 5.74) is 0. The minimum absolute atomic E-state index is 0.547. The summed E-state index contributed by atoms with van der Waals surface area (Å²) in [6.07, 6.45) is 4.95. The van der Waals surface area contributed by atoms with Gasteiger partial charge in [0.25, 0.3) is 0 Å². The zero-order valence-electron chi connectivity index (χ0n) is 4.45. The van der Waals surface area contributed by atoms with Crippen molar-refractivity contribution in [3.05, 3.63) is 22.2 Å². The lowest BCUT2D eigenvalue weighted by atomic mass is 10.2. The predicted octanol–water partition coefficient (Wildman–Crippen LogP) is 2.81. The smallest absolute Gasteiger partial charge is 0.0561 e. The Morgan fingerprint density at radius 3 is 2.67 bits per heavy atom. The number of rotatable bonds is 0. The normalized spacial score (nSPS) is 19.1. The molecule has 47 valence electrons. The highest BCUT2D eigenvalue weighted by Gasteiger charge is 2.06. The number of allylic oxidation sites excluding steroid dienone is 4. The van der Waals surface area contributed by atoms with E-state index in [1.54, 1.807) is 6.08 Å². The van der Waals surface area contributed by atoms with Crippen molar-refractivity contribution < 1.29 is 0 Å². The lowest BCUT2D eigenvalue weighted by Crippen LogP contribution is -1.95. The molecule has 1 aliphatic carbocycles. The molecule has 0 aromatic carbocycles. The van der Waals surface area contributed by atoms with Crippen molar-refractivity contribution in [2.75, 3.05) is 0 Å². The van der Waals surface area contributed by atoms with Gasteiger partial charge < -0.3 is 0 Å². The van der Waals surface area contributed by atoms with Gasteiger partial charge in [-0.1, -0.05) is 35.4 Å². The van der Waals surface area contributed by atoms with Crippen molar-refractivity contribution in [1.82, 2.24) is 0 Å². The molecule has 0 nitrogen and oxygen atoms in total.